The predicted molar refractivity (Wildman–Crippen MR) is 82.3 cm³/mol. The van der Waals surface area contributed by atoms with Crippen molar-refractivity contribution in [2.45, 2.75) is 6.54 Å². The van der Waals surface area contributed by atoms with E-state index in [0.29, 0.717) is 0 Å². The molecule has 3 rings (SSSR count). The lowest BCUT2D eigenvalue weighted by atomic mass is 10.1. The van der Waals surface area contributed by atoms with Crippen molar-refractivity contribution < 1.29 is 4.39 Å². The van der Waals surface area contributed by atoms with Crippen LogP contribution in [0.1, 0.15) is 5.56 Å². The maximum Gasteiger partial charge on any atom is 0.123 e. The van der Waals surface area contributed by atoms with Crippen molar-refractivity contribution in [3.63, 3.8) is 0 Å². The average molecular weight is 293 g/mol. The molecule has 0 N–H and O–H groups in total. The monoisotopic (exact) mass is 293 g/mol. The topological polar surface area (TPSA) is 3.24 Å². The maximum absolute atomic E-state index is 13.5. The average Bonchev–Trinajstić information content (AvgIpc) is 2.96. The van der Waals surface area contributed by atoms with Crippen LogP contribution in [0.25, 0.3) is 10.4 Å². The van der Waals surface area contributed by atoms with Gasteiger partial charge in [0.1, 0.15) is 5.82 Å². The van der Waals surface area contributed by atoms with Gasteiger partial charge < -0.3 is 0 Å². The normalized spacial score (nSPS) is 16.7. The number of thiophene rings is 1. The van der Waals surface area contributed by atoms with Crippen LogP contribution >= 0.6 is 23.1 Å². The summed E-state index contributed by atoms with van der Waals surface area (Å²) < 4.78 is 13.5. The third-order valence-corrected chi connectivity index (χ3v) is 5.20. The number of hydrogen-bond donors (Lipinski definition) is 0. The van der Waals surface area contributed by atoms with Crippen LogP contribution in [0.3, 0.4) is 0 Å². The van der Waals surface area contributed by atoms with E-state index in [-0.39, 0.29) is 5.82 Å². The number of benzene rings is 1. The van der Waals surface area contributed by atoms with Crippen LogP contribution in [0.4, 0.5) is 4.39 Å². The fraction of sp³-hybridized carbons (Fsp3) is 0.333. The first-order valence-corrected chi connectivity index (χ1v) is 8.49. The molecule has 0 bridgehead atoms. The van der Waals surface area contributed by atoms with Crippen molar-refractivity contribution in [2.24, 2.45) is 0 Å². The zero-order valence-corrected chi connectivity index (χ0v) is 12.3. The third kappa shape index (κ3) is 3.19. The minimum atomic E-state index is -0.152. The third-order valence-electron chi connectivity index (χ3n) is 3.36. The van der Waals surface area contributed by atoms with Gasteiger partial charge in [-0.15, -0.1) is 11.3 Å². The molecule has 0 spiro atoms. The molecular weight excluding hydrogens is 277 g/mol. The highest BCUT2D eigenvalue weighted by Crippen LogP contribution is 2.30. The van der Waals surface area contributed by atoms with Crippen molar-refractivity contribution >= 4 is 23.1 Å². The van der Waals surface area contributed by atoms with Gasteiger partial charge in [0.05, 0.1) is 0 Å². The Morgan fingerprint density at radius 3 is 2.74 bits per heavy atom. The summed E-state index contributed by atoms with van der Waals surface area (Å²) in [7, 11) is 0. The summed E-state index contributed by atoms with van der Waals surface area (Å²) in [5.74, 6) is 2.26. The number of hydrogen-bond acceptors (Lipinski definition) is 3. The first kappa shape index (κ1) is 13.2. The molecule has 1 saturated heterocycles. The summed E-state index contributed by atoms with van der Waals surface area (Å²) in [4.78, 5) is 3.61. The highest BCUT2D eigenvalue weighted by molar-refractivity contribution is 7.99. The van der Waals surface area contributed by atoms with E-state index < -0.39 is 0 Å². The molecule has 0 saturated carbocycles. The number of nitrogens with zero attached hydrogens (tertiary/aromatic N) is 1. The van der Waals surface area contributed by atoms with Gasteiger partial charge in [-0.1, -0.05) is 12.1 Å². The molecule has 2 heterocycles. The minimum Gasteiger partial charge on any atom is -0.297 e. The summed E-state index contributed by atoms with van der Waals surface area (Å²) in [5, 5.41) is 2.04. The minimum absolute atomic E-state index is 0.152. The van der Waals surface area contributed by atoms with E-state index in [4.69, 9.17) is 0 Å². The Morgan fingerprint density at radius 1 is 1.16 bits per heavy atom. The summed E-state index contributed by atoms with van der Waals surface area (Å²) in [6, 6.07) is 9.26. The molecule has 1 aromatic heterocycles. The second-order valence-corrected chi connectivity index (χ2v) is 6.84. The Labute approximate surface area is 121 Å². The molecular formula is C15H16FNS2. The Hall–Kier alpha value is -0.840. The summed E-state index contributed by atoms with van der Waals surface area (Å²) in [5.41, 5.74) is 2.28. The lowest BCUT2D eigenvalue weighted by molar-refractivity contribution is 0.295. The zero-order chi connectivity index (χ0) is 13.1. The molecule has 1 aliphatic heterocycles. The Balaban J connectivity index is 1.87. The van der Waals surface area contributed by atoms with Crippen LogP contribution in [-0.4, -0.2) is 29.5 Å². The molecule has 100 valence electrons. The molecule has 19 heavy (non-hydrogen) atoms. The van der Waals surface area contributed by atoms with Crippen LogP contribution in [0, 0.1) is 5.82 Å². The van der Waals surface area contributed by atoms with E-state index in [0.717, 1.165) is 30.1 Å². The second-order valence-electron chi connectivity index (χ2n) is 4.67. The molecule has 4 heteroatoms. The lowest BCUT2D eigenvalue weighted by Gasteiger charge is -2.27. The van der Waals surface area contributed by atoms with Gasteiger partial charge in [-0.25, -0.2) is 4.39 Å². The number of halogens is 1. The van der Waals surface area contributed by atoms with E-state index in [9.17, 15) is 4.39 Å². The molecule has 1 aromatic carbocycles. The molecule has 0 unspecified atom stereocenters. The molecule has 0 aliphatic carbocycles. The fourth-order valence-corrected chi connectivity index (χ4v) is 4.10. The van der Waals surface area contributed by atoms with Gasteiger partial charge in [-0.05, 0) is 34.7 Å². The van der Waals surface area contributed by atoms with Crippen molar-refractivity contribution in [1.29, 1.82) is 0 Å². The first-order valence-electron chi connectivity index (χ1n) is 6.45. The van der Waals surface area contributed by atoms with Crippen LogP contribution in [-0.2, 0) is 6.54 Å². The lowest BCUT2D eigenvalue weighted by Crippen LogP contribution is -2.32. The van der Waals surface area contributed by atoms with E-state index in [2.05, 4.69) is 11.0 Å². The van der Waals surface area contributed by atoms with Gasteiger partial charge >= 0.3 is 0 Å². The van der Waals surface area contributed by atoms with Crippen LogP contribution < -0.4 is 0 Å². The molecule has 1 fully saturated rings. The Bertz CT molecular complexity index is 533. The van der Waals surface area contributed by atoms with Crippen molar-refractivity contribution in [1.82, 2.24) is 4.90 Å². The highest BCUT2D eigenvalue weighted by atomic mass is 32.2. The van der Waals surface area contributed by atoms with Gasteiger partial charge in [0.2, 0.25) is 0 Å². The van der Waals surface area contributed by atoms with E-state index in [1.807, 2.05) is 29.3 Å². The predicted octanol–water partition coefficient (Wildman–Crippen LogP) is 4.10. The van der Waals surface area contributed by atoms with E-state index in [1.54, 1.807) is 23.5 Å². The van der Waals surface area contributed by atoms with Gasteiger partial charge in [0.25, 0.3) is 0 Å². The smallest absolute Gasteiger partial charge is 0.123 e. The van der Waals surface area contributed by atoms with Crippen LogP contribution in [0.2, 0.25) is 0 Å². The van der Waals surface area contributed by atoms with Gasteiger partial charge in [-0.2, -0.15) is 11.8 Å². The Morgan fingerprint density at radius 2 is 2.00 bits per heavy atom. The number of thioether (sulfide) groups is 1. The van der Waals surface area contributed by atoms with Crippen molar-refractivity contribution in [2.75, 3.05) is 24.6 Å². The first-order chi connectivity index (χ1) is 9.33. The quantitative estimate of drug-likeness (QED) is 0.838. The molecule has 0 atom stereocenters. The second kappa shape index (κ2) is 6.07. The van der Waals surface area contributed by atoms with Crippen molar-refractivity contribution in [3.05, 3.63) is 47.1 Å². The molecule has 1 aliphatic rings. The molecule has 2 aromatic rings. The molecule has 1 nitrogen and oxygen atoms in total. The van der Waals surface area contributed by atoms with Crippen LogP contribution in [0.15, 0.2) is 35.7 Å². The fourth-order valence-electron chi connectivity index (χ4n) is 2.35. The SMILES string of the molecule is Fc1ccc(CN2CCSCC2)c(-c2cccs2)c1. The van der Waals surface area contributed by atoms with Gasteiger partial charge in [0.15, 0.2) is 0 Å². The zero-order valence-electron chi connectivity index (χ0n) is 10.6. The van der Waals surface area contributed by atoms with Gasteiger partial charge in [-0.3, -0.25) is 4.90 Å². The van der Waals surface area contributed by atoms with E-state index >= 15 is 0 Å². The van der Waals surface area contributed by atoms with Crippen LogP contribution in [0.5, 0.6) is 0 Å². The summed E-state index contributed by atoms with van der Waals surface area (Å²) >= 11 is 3.69. The van der Waals surface area contributed by atoms with E-state index in [1.165, 1.54) is 17.1 Å². The highest BCUT2D eigenvalue weighted by Gasteiger charge is 2.14. The Kier molecular flexibility index (Phi) is 4.21. The van der Waals surface area contributed by atoms with Gasteiger partial charge in [0, 0.05) is 36.0 Å². The molecule has 0 amide bonds. The number of rotatable bonds is 3. The summed E-state index contributed by atoms with van der Waals surface area (Å²) in [6.45, 7) is 3.19. The standard InChI is InChI=1S/C15H16FNS2/c16-13-4-3-12(11-17-5-8-18-9-6-17)14(10-13)15-2-1-7-19-15/h1-4,7,10H,5-6,8-9,11H2. The molecule has 0 radical (unpaired) electrons. The summed E-state index contributed by atoms with van der Waals surface area (Å²) in [6.07, 6.45) is 0. The maximum atomic E-state index is 13.5. The van der Waals surface area contributed by atoms with Crippen molar-refractivity contribution in [3.8, 4) is 10.4 Å². The largest absolute Gasteiger partial charge is 0.297 e.